The Morgan fingerprint density at radius 2 is 1.88 bits per heavy atom. The number of carbonyl (C=O) groups excluding carboxylic acids is 2. The Balaban J connectivity index is 2.66. The molecule has 0 spiro atoms. The zero-order valence-corrected chi connectivity index (χ0v) is 19.7. The Labute approximate surface area is 170 Å². The molecule has 7 heteroatoms. The van der Waals surface area contributed by atoms with E-state index in [-0.39, 0.29) is 23.1 Å². The molecule has 0 aliphatic carbocycles. The van der Waals surface area contributed by atoms with Gasteiger partial charge in [-0.15, -0.1) is 0 Å². The van der Waals surface area contributed by atoms with Crippen molar-refractivity contribution >= 4 is 54.2 Å². The predicted octanol–water partition coefficient (Wildman–Crippen LogP) is 4.83. The van der Waals surface area contributed by atoms with Crippen LogP contribution in [0.1, 0.15) is 43.6 Å². The number of amides is 1. The van der Waals surface area contributed by atoms with E-state index in [1.807, 2.05) is 0 Å². The van der Waals surface area contributed by atoms with Crippen LogP contribution in [0.3, 0.4) is 0 Å². The molecule has 1 aromatic rings. The third-order valence-corrected chi connectivity index (χ3v) is 10.3. The third-order valence-electron chi connectivity index (χ3n) is 4.49. The maximum Gasteiger partial charge on any atom is 0.251 e. The molecule has 0 aliphatic heterocycles. The second-order valence-electron chi connectivity index (χ2n) is 7.66. The highest BCUT2D eigenvalue weighted by atomic mass is 127. The van der Waals surface area contributed by atoms with Crippen molar-refractivity contribution in [1.29, 1.82) is 0 Å². The third kappa shape index (κ3) is 6.66. The molecule has 1 rings (SSSR count). The molecule has 1 aromatic carbocycles. The largest absolute Gasteiger partial charge is 0.415 e. The number of hydrogen-bond donors (Lipinski definition) is 1. The zero-order valence-electron chi connectivity index (χ0n) is 15.8. The van der Waals surface area contributed by atoms with Crippen LogP contribution in [0, 0.1) is 3.57 Å². The Morgan fingerprint density at radius 3 is 2.36 bits per heavy atom. The molecule has 0 saturated heterocycles. The fourth-order valence-corrected chi connectivity index (χ4v) is 4.25. The van der Waals surface area contributed by atoms with Crippen molar-refractivity contribution in [3.63, 3.8) is 0 Å². The second kappa shape index (κ2) is 8.97. The lowest BCUT2D eigenvalue weighted by atomic mass is 10.1. The first-order valence-electron chi connectivity index (χ1n) is 8.24. The molecule has 1 N–H and O–H groups in total. The Hall–Kier alpha value is -0.443. The molecule has 1 amide bonds. The smallest absolute Gasteiger partial charge is 0.251 e. The van der Waals surface area contributed by atoms with Crippen LogP contribution >= 0.6 is 34.2 Å². The SMILES string of the molecule is CC(=O)Cc1c(Cl)cc(C(=O)NCCO[Si](C)(C)C(C)(C)C)cc1I. The number of ketones is 1. The van der Waals surface area contributed by atoms with Gasteiger partial charge in [0.05, 0.1) is 6.61 Å². The highest BCUT2D eigenvalue weighted by molar-refractivity contribution is 14.1. The number of benzene rings is 1. The van der Waals surface area contributed by atoms with Gasteiger partial charge in [-0.25, -0.2) is 0 Å². The number of hydrogen-bond acceptors (Lipinski definition) is 3. The molecular formula is C18H27ClINO3Si. The van der Waals surface area contributed by atoms with E-state index < -0.39 is 8.32 Å². The summed E-state index contributed by atoms with van der Waals surface area (Å²) >= 11 is 8.34. The molecular weight excluding hydrogens is 469 g/mol. The Kier molecular flexibility index (Phi) is 8.11. The molecule has 25 heavy (non-hydrogen) atoms. The normalized spacial score (nSPS) is 12.2. The van der Waals surface area contributed by atoms with Gasteiger partial charge in [0.25, 0.3) is 5.91 Å². The lowest BCUT2D eigenvalue weighted by molar-refractivity contribution is -0.116. The van der Waals surface area contributed by atoms with Crippen molar-refractivity contribution in [3.05, 3.63) is 31.9 Å². The first-order chi connectivity index (χ1) is 11.3. The minimum Gasteiger partial charge on any atom is -0.415 e. The van der Waals surface area contributed by atoms with Crippen molar-refractivity contribution in [2.45, 2.75) is 52.2 Å². The maximum absolute atomic E-state index is 12.3. The van der Waals surface area contributed by atoms with E-state index >= 15 is 0 Å². The van der Waals surface area contributed by atoms with E-state index in [1.165, 1.54) is 6.92 Å². The Morgan fingerprint density at radius 1 is 1.28 bits per heavy atom. The summed E-state index contributed by atoms with van der Waals surface area (Å²) in [6.07, 6.45) is 0.277. The van der Waals surface area contributed by atoms with E-state index in [0.29, 0.717) is 23.7 Å². The van der Waals surface area contributed by atoms with Crippen molar-refractivity contribution in [3.8, 4) is 0 Å². The van der Waals surface area contributed by atoms with Gasteiger partial charge in [-0.3, -0.25) is 9.59 Å². The molecule has 0 heterocycles. The summed E-state index contributed by atoms with van der Waals surface area (Å²) in [6.45, 7) is 13.4. The molecule has 0 aromatic heterocycles. The van der Waals surface area contributed by atoms with Gasteiger partial charge < -0.3 is 9.74 Å². The van der Waals surface area contributed by atoms with Crippen LogP contribution < -0.4 is 5.32 Å². The van der Waals surface area contributed by atoms with Crippen molar-refractivity contribution in [2.75, 3.05) is 13.2 Å². The molecule has 0 aliphatic rings. The highest BCUT2D eigenvalue weighted by Gasteiger charge is 2.36. The molecule has 0 fully saturated rings. The lowest BCUT2D eigenvalue weighted by Gasteiger charge is -2.36. The molecule has 0 radical (unpaired) electrons. The topological polar surface area (TPSA) is 55.4 Å². The first kappa shape index (κ1) is 22.6. The molecule has 0 bridgehead atoms. The van der Waals surface area contributed by atoms with Crippen LogP contribution in [-0.4, -0.2) is 33.2 Å². The van der Waals surface area contributed by atoms with Gasteiger partial charge in [-0.2, -0.15) is 0 Å². The highest BCUT2D eigenvalue weighted by Crippen LogP contribution is 2.36. The van der Waals surface area contributed by atoms with Crippen molar-refractivity contribution < 1.29 is 14.0 Å². The summed E-state index contributed by atoms with van der Waals surface area (Å²) < 4.78 is 6.87. The van der Waals surface area contributed by atoms with Gasteiger partial charge in [0.15, 0.2) is 8.32 Å². The van der Waals surface area contributed by atoms with Crippen LogP contribution in [0.4, 0.5) is 0 Å². The Bertz CT molecular complexity index is 633. The maximum atomic E-state index is 12.3. The van der Waals surface area contributed by atoms with Crippen LogP contribution in [0.2, 0.25) is 23.2 Å². The second-order valence-corrected chi connectivity index (χ2v) is 14.0. The monoisotopic (exact) mass is 495 g/mol. The van der Waals surface area contributed by atoms with Gasteiger partial charge in [0, 0.05) is 27.1 Å². The minimum absolute atomic E-state index is 0.0415. The quantitative estimate of drug-likeness (QED) is 0.335. The van der Waals surface area contributed by atoms with Crippen LogP contribution in [0.25, 0.3) is 0 Å². The van der Waals surface area contributed by atoms with Gasteiger partial charge in [-0.05, 0) is 65.3 Å². The van der Waals surface area contributed by atoms with E-state index in [1.54, 1.807) is 12.1 Å². The minimum atomic E-state index is -1.80. The fourth-order valence-electron chi connectivity index (χ4n) is 1.94. The van der Waals surface area contributed by atoms with Crippen LogP contribution in [0.5, 0.6) is 0 Å². The van der Waals surface area contributed by atoms with Crippen molar-refractivity contribution in [1.82, 2.24) is 5.32 Å². The molecule has 140 valence electrons. The summed E-state index contributed by atoms with van der Waals surface area (Å²) in [5.41, 5.74) is 1.27. The summed E-state index contributed by atoms with van der Waals surface area (Å²) in [4.78, 5) is 23.6. The van der Waals surface area contributed by atoms with Crippen LogP contribution in [0.15, 0.2) is 12.1 Å². The van der Waals surface area contributed by atoms with Crippen molar-refractivity contribution in [2.24, 2.45) is 0 Å². The zero-order chi connectivity index (χ0) is 19.4. The van der Waals surface area contributed by atoms with Gasteiger partial charge >= 0.3 is 0 Å². The molecule has 0 unspecified atom stereocenters. The fraction of sp³-hybridized carbons (Fsp3) is 0.556. The summed E-state index contributed by atoms with van der Waals surface area (Å²) in [5.74, 6) is -0.146. The average Bonchev–Trinajstić information content (AvgIpc) is 2.45. The molecule has 0 saturated carbocycles. The predicted molar refractivity (Wildman–Crippen MR) is 114 cm³/mol. The number of nitrogens with one attached hydrogen (secondary N) is 1. The number of Topliss-reactive ketones (excluding diaryl/α,β-unsaturated/α-hetero) is 1. The van der Waals surface area contributed by atoms with E-state index in [4.69, 9.17) is 16.0 Å². The number of carbonyl (C=O) groups is 2. The average molecular weight is 496 g/mol. The van der Waals surface area contributed by atoms with E-state index in [2.05, 4.69) is 61.8 Å². The summed E-state index contributed by atoms with van der Waals surface area (Å²) in [5, 5.41) is 3.46. The van der Waals surface area contributed by atoms with Gasteiger partial charge in [0.1, 0.15) is 5.78 Å². The van der Waals surface area contributed by atoms with Gasteiger partial charge in [-0.1, -0.05) is 32.4 Å². The number of rotatable bonds is 7. The first-order valence-corrected chi connectivity index (χ1v) is 12.6. The lowest BCUT2D eigenvalue weighted by Crippen LogP contribution is -2.42. The van der Waals surface area contributed by atoms with E-state index in [9.17, 15) is 9.59 Å². The molecule has 0 atom stereocenters. The standard InChI is InChI=1S/C18H27ClINO3Si/c1-12(22)9-14-15(19)10-13(11-16(14)20)17(23)21-7-8-24-25(5,6)18(2,3)4/h10-11H,7-9H2,1-6H3,(H,21,23). The van der Waals surface area contributed by atoms with Crippen LogP contribution in [-0.2, 0) is 15.6 Å². The summed E-state index contributed by atoms with van der Waals surface area (Å²) in [7, 11) is -1.80. The van der Waals surface area contributed by atoms with Gasteiger partial charge in [0.2, 0.25) is 0 Å². The molecule has 4 nitrogen and oxygen atoms in total. The summed E-state index contributed by atoms with van der Waals surface area (Å²) in [6, 6.07) is 3.38. The van der Waals surface area contributed by atoms with E-state index in [0.717, 1.165) is 9.13 Å². The number of halogens is 2.